The molecular formula is C28H41N5O. The Kier molecular flexibility index (Phi) is 7.97. The summed E-state index contributed by atoms with van der Waals surface area (Å²) in [5, 5.41) is 7.34. The Morgan fingerprint density at radius 3 is 2.74 bits per heavy atom. The number of likely N-dealkylation sites (tertiary alicyclic amines) is 1. The highest BCUT2D eigenvalue weighted by Crippen LogP contribution is 2.43. The van der Waals surface area contributed by atoms with Crippen molar-refractivity contribution in [3.63, 3.8) is 0 Å². The highest BCUT2D eigenvalue weighted by molar-refractivity contribution is 5.75. The minimum atomic E-state index is 0.201. The molecule has 0 radical (unpaired) electrons. The Bertz CT molecular complexity index is 883. The third-order valence-corrected chi connectivity index (χ3v) is 8.36. The smallest absolute Gasteiger partial charge is 0.219 e. The number of aromatic nitrogens is 2. The van der Waals surface area contributed by atoms with Crippen molar-refractivity contribution < 1.29 is 4.79 Å². The summed E-state index contributed by atoms with van der Waals surface area (Å²) in [4.78, 5) is 18.1. The van der Waals surface area contributed by atoms with Crippen molar-refractivity contribution in [1.29, 1.82) is 0 Å². The Hall–Kier alpha value is -2.18. The molecule has 3 aliphatic rings. The zero-order valence-corrected chi connectivity index (χ0v) is 20.5. The van der Waals surface area contributed by atoms with Gasteiger partial charge in [-0.15, -0.1) is 0 Å². The molecule has 3 aliphatic heterocycles. The summed E-state index contributed by atoms with van der Waals surface area (Å²) in [5.74, 6) is 1.78. The summed E-state index contributed by atoms with van der Waals surface area (Å²) in [6.45, 7) is 6.43. The first-order valence-corrected chi connectivity index (χ1v) is 13.5. The van der Waals surface area contributed by atoms with E-state index in [2.05, 4.69) is 50.5 Å². The lowest BCUT2D eigenvalue weighted by Gasteiger charge is -2.57. The predicted octanol–water partition coefficient (Wildman–Crippen LogP) is 3.93. The SMILES string of the molecule is O=C(CCC[C@@H]1[C@H]2CCCN3CCC[C@@H](CN1Cc1ccccc1)[C@@H]23)NCCCn1cccn1. The maximum Gasteiger partial charge on any atom is 0.219 e. The van der Waals surface area contributed by atoms with Gasteiger partial charge in [-0.3, -0.25) is 19.3 Å². The molecule has 4 atom stereocenters. The number of aryl methyl sites for hydroxylation is 1. The maximum atomic E-state index is 12.5. The van der Waals surface area contributed by atoms with E-state index < -0.39 is 0 Å². The molecule has 1 aromatic heterocycles. The van der Waals surface area contributed by atoms with Gasteiger partial charge in [0.1, 0.15) is 0 Å². The van der Waals surface area contributed by atoms with E-state index in [1.54, 1.807) is 6.20 Å². The second kappa shape index (κ2) is 11.5. The van der Waals surface area contributed by atoms with E-state index in [9.17, 15) is 4.79 Å². The number of rotatable bonds is 10. The first kappa shape index (κ1) is 23.6. The minimum absolute atomic E-state index is 0.201. The Morgan fingerprint density at radius 2 is 1.91 bits per heavy atom. The quantitative estimate of drug-likeness (QED) is 0.543. The van der Waals surface area contributed by atoms with Crippen molar-refractivity contribution in [2.75, 3.05) is 26.2 Å². The number of carbonyl (C=O) groups is 1. The molecule has 0 aliphatic carbocycles. The zero-order valence-electron chi connectivity index (χ0n) is 20.5. The van der Waals surface area contributed by atoms with Gasteiger partial charge in [-0.25, -0.2) is 0 Å². The van der Waals surface area contributed by atoms with Gasteiger partial charge in [-0.1, -0.05) is 30.3 Å². The van der Waals surface area contributed by atoms with Crippen molar-refractivity contribution in [3.8, 4) is 0 Å². The lowest BCUT2D eigenvalue weighted by molar-refractivity contribution is -0.121. The van der Waals surface area contributed by atoms with Gasteiger partial charge >= 0.3 is 0 Å². The molecule has 6 heteroatoms. The molecule has 4 heterocycles. The molecule has 0 bridgehead atoms. The van der Waals surface area contributed by atoms with E-state index in [0.29, 0.717) is 12.5 Å². The highest BCUT2D eigenvalue weighted by atomic mass is 16.1. The zero-order chi connectivity index (χ0) is 23.2. The number of hydrogen-bond acceptors (Lipinski definition) is 4. The average molecular weight is 464 g/mol. The van der Waals surface area contributed by atoms with Crippen LogP contribution in [0.2, 0.25) is 0 Å². The molecule has 0 unspecified atom stereocenters. The number of hydrogen-bond donors (Lipinski definition) is 1. The van der Waals surface area contributed by atoms with Crippen LogP contribution >= 0.6 is 0 Å². The van der Waals surface area contributed by atoms with E-state index in [-0.39, 0.29) is 5.91 Å². The first-order chi connectivity index (χ1) is 16.8. The largest absolute Gasteiger partial charge is 0.356 e. The molecule has 1 N–H and O–H groups in total. The molecular weight excluding hydrogens is 422 g/mol. The van der Waals surface area contributed by atoms with Crippen LogP contribution in [-0.2, 0) is 17.9 Å². The van der Waals surface area contributed by atoms with Crippen LogP contribution in [0.5, 0.6) is 0 Å². The van der Waals surface area contributed by atoms with Crippen molar-refractivity contribution >= 4 is 5.91 Å². The topological polar surface area (TPSA) is 53.4 Å². The fourth-order valence-corrected chi connectivity index (χ4v) is 6.94. The van der Waals surface area contributed by atoms with Crippen LogP contribution in [0, 0.1) is 11.8 Å². The van der Waals surface area contributed by atoms with E-state index in [4.69, 9.17) is 0 Å². The Morgan fingerprint density at radius 1 is 1.06 bits per heavy atom. The summed E-state index contributed by atoms with van der Waals surface area (Å²) >= 11 is 0. The normalized spacial score (nSPS) is 27.3. The molecule has 0 saturated carbocycles. The van der Waals surface area contributed by atoms with E-state index >= 15 is 0 Å². The van der Waals surface area contributed by atoms with Gasteiger partial charge in [-0.2, -0.15) is 5.10 Å². The van der Waals surface area contributed by atoms with E-state index in [1.807, 2.05) is 16.9 Å². The highest BCUT2D eigenvalue weighted by Gasteiger charge is 2.48. The minimum Gasteiger partial charge on any atom is -0.356 e. The summed E-state index contributed by atoms with van der Waals surface area (Å²) in [7, 11) is 0. The number of amides is 1. The van der Waals surface area contributed by atoms with Crippen LogP contribution < -0.4 is 5.32 Å². The lowest BCUT2D eigenvalue weighted by atomic mass is 9.69. The number of benzene rings is 1. The predicted molar refractivity (Wildman–Crippen MR) is 135 cm³/mol. The van der Waals surface area contributed by atoms with E-state index in [1.165, 1.54) is 50.9 Å². The molecule has 5 rings (SSSR count). The molecule has 184 valence electrons. The molecule has 3 saturated heterocycles. The number of carbonyl (C=O) groups excluding carboxylic acids is 1. The van der Waals surface area contributed by atoms with Gasteiger partial charge in [0.05, 0.1) is 0 Å². The van der Waals surface area contributed by atoms with Gasteiger partial charge < -0.3 is 5.32 Å². The van der Waals surface area contributed by atoms with Crippen molar-refractivity contribution in [2.24, 2.45) is 11.8 Å². The van der Waals surface area contributed by atoms with Gasteiger partial charge in [0, 0.05) is 57.1 Å². The first-order valence-electron chi connectivity index (χ1n) is 13.5. The summed E-state index contributed by atoms with van der Waals surface area (Å²) < 4.78 is 1.92. The van der Waals surface area contributed by atoms with Gasteiger partial charge in [0.15, 0.2) is 0 Å². The number of nitrogens with one attached hydrogen (secondary N) is 1. The van der Waals surface area contributed by atoms with Gasteiger partial charge in [0.25, 0.3) is 0 Å². The summed E-state index contributed by atoms with van der Waals surface area (Å²) in [6.07, 6.45) is 12.9. The van der Waals surface area contributed by atoms with Crippen molar-refractivity contribution in [2.45, 2.75) is 76.5 Å². The van der Waals surface area contributed by atoms with Crippen LogP contribution in [0.4, 0.5) is 0 Å². The third kappa shape index (κ3) is 5.72. The average Bonchev–Trinajstić information content (AvgIpc) is 3.38. The second-order valence-electron chi connectivity index (χ2n) is 10.6. The van der Waals surface area contributed by atoms with Crippen LogP contribution in [0.15, 0.2) is 48.8 Å². The molecule has 1 aromatic carbocycles. The van der Waals surface area contributed by atoms with Gasteiger partial charge in [0.2, 0.25) is 5.91 Å². The number of nitrogens with zero attached hydrogens (tertiary/aromatic N) is 4. The van der Waals surface area contributed by atoms with Crippen LogP contribution in [0.25, 0.3) is 0 Å². The summed E-state index contributed by atoms with van der Waals surface area (Å²) in [5.41, 5.74) is 1.42. The van der Waals surface area contributed by atoms with Crippen LogP contribution in [-0.4, -0.2) is 63.8 Å². The maximum absolute atomic E-state index is 12.5. The molecule has 3 fully saturated rings. The third-order valence-electron chi connectivity index (χ3n) is 8.36. The second-order valence-corrected chi connectivity index (χ2v) is 10.6. The Labute approximate surface area is 204 Å². The van der Waals surface area contributed by atoms with E-state index in [0.717, 1.165) is 56.8 Å². The molecule has 1 amide bonds. The van der Waals surface area contributed by atoms with Crippen molar-refractivity contribution in [3.05, 3.63) is 54.4 Å². The fraction of sp³-hybridized carbons (Fsp3) is 0.643. The number of piperidine rings is 3. The summed E-state index contributed by atoms with van der Waals surface area (Å²) in [6, 6.07) is 14.3. The fourth-order valence-electron chi connectivity index (χ4n) is 6.94. The molecule has 2 aromatic rings. The molecule has 6 nitrogen and oxygen atoms in total. The molecule has 0 spiro atoms. The Balaban J connectivity index is 1.16. The van der Waals surface area contributed by atoms with Crippen molar-refractivity contribution in [1.82, 2.24) is 24.9 Å². The standard InChI is InChI=1S/C28H41N5O/c34-27(29-15-7-19-33-20-8-16-30-33)14-4-13-26-25-12-6-18-31-17-5-11-24(28(25)31)22-32(26)21-23-9-2-1-3-10-23/h1-3,8-10,16,20,24-26,28H,4-7,11-15,17-19,21-22H2,(H,29,34)/t24-,25+,26+,28-/m0/s1. The van der Waals surface area contributed by atoms with Crippen LogP contribution in [0.3, 0.4) is 0 Å². The monoisotopic (exact) mass is 463 g/mol. The van der Waals surface area contributed by atoms with Crippen LogP contribution in [0.1, 0.15) is 56.9 Å². The van der Waals surface area contributed by atoms with Gasteiger partial charge in [-0.05, 0) is 81.5 Å². The molecule has 34 heavy (non-hydrogen) atoms. The lowest BCUT2D eigenvalue weighted by Crippen LogP contribution is -2.64.